The average Bonchev–Trinajstić information content (AvgIpc) is 3.29. The minimum Gasteiger partial charge on any atom is -0.233 e. The van der Waals surface area contributed by atoms with E-state index in [-0.39, 0.29) is 17.0 Å². The predicted molar refractivity (Wildman–Crippen MR) is 105 cm³/mol. The van der Waals surface area contributed by atoms with Crippen LogP contribution < -0.4 is 0 Å². The Morgan fingerprint density at radius 1 is 0.875 bits per heavy atom. The minimum atomic E-state index is 0. The molecule has 2 aliphatic rings. The van der Waals surface area contributed by atoms with Crippen molar-refractivity contribution in [3.05, 3.63) is 60.0 Å². The van der Waals surface area contributed by atoms with Crippen molar-refractivity contribution < 1.29 is 0 Å². The molecular weight excluding hydrogens is 404 g/mol. The molecule has 0 aliphatic carbocycles. The standard InChI is InChI=1S/C17H10N4S2.BrH/c1-2-6-11(7-3-1)14-10-22-17(19-14)21-20-15-12-8-4-5-9-13(12)18-16(15)23-21;/h1-10H;1H. The third-order valence-corrected chi connectivity index (χ3v) is 5.49. The van der Waals surface area contributed by atoms with E-state index in [9.17, 15) is 0 Å². The molecule has 24 heavy (non-hydrogen) atoms. The Morgan fingerprint density at radius 2 is 1.67 bits per heavy atom. The fourth-order valence-corrected chi connectivity index (χ4v) is 4.29. The summed E-state index contributed by atoms with van der Waals surface area (Å²) in [5.41, 5.74) is 4.04. The van der Waals surface area contributed by atoms with Gasteiger partial charge in [0.05, 0.1) is 11.2 Å². The highest BCUT2D eigenvalue weighted by Gasteiger charge is 2.19. The first kappa shape index (κ1) is 15.4. The number of para-hydroxylation sites is 1. The van der Waals surface area contributed by atoms with E-state index in [1.807, 2.05) is 40.5 Å². The fraction of sp³-hybridized carbons (Fsp3) is 0. The Hall–Kier alpha value is -2.09. The first-order valence-electron chi connectivity index (χ1n) is 7.14. The van der Waals surface area contributed by atoms with Crippen LogP contribution in [0.1, 0.15) is 0 Å². The molecule has 1 aromatic heterocycles. The number of thiazole rings is 1. The smallest absolute Gasteiger partial charge is 0.221 e. The zero-order valence-electron chi connectivity index (χ0n) is 12.3. The van der Waals surface area contributed by atoms with Gasteiger partial charge in [0.25, 0.3) is 0 Å². The largest absolute Gasteiger partial charge is 0.233 e. The highest BCUT2D eigenvalue weighted by Crippen LogP contribution is 2.35. The van der Waals surface area contributed by atoms with Crippen molar-refractivity contribution in [1.29, 1.82) is 0 Å². The van der Waals surface area contributed by atoms with Crippen molar-refractivity contribution >= 4 is 50.8 Å². The first-order valence-corrected chi connectivity index (χ1v) is 8.80. The zero-order chi connectivity index (χ0) is 15.2. The van der Waals surface area contributed by atoms with Gasteiger partial charge in [-0.2, -0.15) is 9.17 Å². The van der Waals surface area contributed by atoms with E-state index in [1.54, 1.807) is 11.3 Å². The lowest BCUT2D eigenvalue weighted by Gasteiger charge is -1.94. The summed E-state index contributed by atoms with van der Waals surface area (Å²) in [6.45, 7) is 0. The van der Waals surface area contributed by atoms with Gasteiger partial charge in [0.15, 0.2) is 5.01 Å². The topological polar surface area (TPSA) is 43.6 Å². The van der Waals surface area contributed by atoms with Crippen LogP contribution in [0.15, 0.2) is 60.0 Å². The third kappa shape index (κ3) is 2.45. The van der Waals surface area contributed by atoms with Crippen LogP contribution in [-0.2, 0) is 0 Å². The molecule has 118 valence electrons. The molecule has 0 radical (unpaired) electrons. The molecule has 4 nitrogen and oxygen atoms in total. The number of rotatable bonds is 2. The quantitative estimate of drug-likeness (QED) is 0.394. The number of hydrogen-bond donors (Lipinski definition) is 0. The van der Waals surface area contributed by atoms with Crippen LogP contribution in [0.2, 0.25) is 0 Å². The van der Waals surface area contributed by atoms with Crippen LogP contribution in [-0.4, -0.2) is 19.1 Å². The van der Waals surface area contributed by atoms with Gasteiger partial charge in [-0.1, -0.05) is 48.5 Å². The van der Waals surface area contributed by atoms with Crippen molar-refractivity contribution in [3.63, 3.8) is 0 Å². The van der Waals surface area contributed by atoms with Gasteiger partial charge in [0.2, 0.25) is 5.13 Å². The highest BCUT2D eigenvalue weighted by molar-refractivity contribution is 8.93. The Bertz CT molecular complexity index is 1080. The van der Waals surface area contributed by atoms with Crippen molar-refractivity contribution in [3.8, 4) is 27.1 Å². The normalized spacial score (nSPS) is 11.0. The molecule has 0 saturated carbocycles. The second kappa shape index (κ2) is 6.08. The molecule has 0 fully saturated rings. The number of benzene rings is 2. The van der Waals surface area contributed by atoms with Gasteiger partial charge in [0, 0.05) is 16.3 Å². The molecule has 0 amide bonds. The number of halogens is 1. The maximum atomic E-state index is 4.71. The summed E-state index contributed by atoms with van der Waals surface area (Å²) < 4.78 is 1.86. The highest BCUT2D eigenvalue weighted by atomic mass is 79.9. The molecule has 2 aliphatic heterocycles. The van der Waals surface area contributed by atoms with Crippen LogP contribution in [0.5, 0.6) is 0 Å². The van der Waals surface area contributed by atoms with E-state index in [4.69, 9.17) is 10.1 Å². The van der Waals surface area contributed by atoms with Crippen molar-refractivity contribution in [2.75, 3.05) is 0 Å². The lowest BCUT2D eigenvalue weighted by molar-refractivity contribution is 0.952. The van der Waals surface area contributed by atoms with Crippen molar-refractivity contribution in [1.82, 2.24) is 19.1 Å². The first-order chi connectivity index (χ1) is 11.4. The molecule has 0 spiro atoms. The van der Waals surface area contributed by atoms with Crippen LogP contribution in [0.4, 0.5) is 0 Å². The fourth-order valence-electron chi connectivity index (χ4n) is 2.58. The Balaban J connectivity index is 0.00000146. The van der Waals surface area contributed by atoms with Crippen LogP contribution in [0.25, 0.3) is 38.0 Å². The summed E-state index contributed by atoms with van der Waals surface area (Å²) in [6.07, 6.45) is 0. The second-order valence-electron chi connectivity index (χ2n) is 5.13. The van der Waals surface area contributed by atoms with Crippen LogP contribution in [0, 0.1) is 0 Å². The van der Waals surface area contributed by atoms with Crippen molar-refractivity contribution in [2.45, 2.75) is 0 Å². The molecule has 3 aromatic rings. The van der Waals surface area contributed by atoms with Gasteiger partial charge >= 0.3 is 0 Å². The van der Waals surface area contributed by atoms with E-state index in [1.165, 1.54) is 11.5 Å². The lowest BCUT2D eigenvalue weighted by atomic mass is 10.2. The lowest BCUT2D eigenvalue weighted by Crippen LogP contribution is -1.91. The van der Waals surface area contributed by atoms with E-state index in [0.29, 0.717) is 0 Å². The molecular formula is C17H11BrN4S2. The van der Waals surface area contributed by atoms with E-state index < -0.39 is 0 Å². The summed E-state index contributed by atoms with van der Waals surface area (Å²) >= 11 is 3.12. The summed E-state index contributed by atoms with van der Waals surface area (Å²) in [5.74, 6) is 0. The number of aromatic nitrogens is 4. The van der Waals surface area contributed by atoms with Gasteiger partial charge in [0.1, 0.15) is 5.69 Å². The van der Waals surface area contributed by atoms with Crippen LogP contribution in [0.3, 0.4) is 0 Å². The monoisotopic (exact) mass is 414 g/mol. The van der Waals surface area contributed by atoms with Gasteiger partial charge < -0.3 is 0 Å². The molecule has 0 bridgehead atoms. The Morgan fingerprint density at radius 3 is 2.54 bits per heavy atom. The van der Waals surface area contributed by atoms with Gasteiger partial charge in [-0.15, -0.1) is 28.3 Å². The zero-order valence-corrected chi connectivity index (χ0v) is 15.6. The maximum absolute atomic E-state index is 4.71. The second-order valence-corrected chi connectivity index (χ2v) is 6.88. The number of hydrogen-bond acceptors (Lipinski definition) is 5. The van der Waals surface area contributed by atoms with Crippen LogP contribution >= 0.6 is 39.9 Å². The molecule has 7 heteroatoms. The molecule has 5 rings (SSSR count). The van der Waals surface area contributed by atoms with Gasteiger partial charge in [-0.05, 0) is 17.6 Å². The SMILES string of the molecule is Br.c1ccc(-c2csc(-n3nc4c5ccccc5nc-4s3)n2)cc1. The van der Waals surface area contributed by atoms with E-state index in [2.05, 4.69) is 28.6 Å². The summed E-state index contributed by atoms with van der Waals surface area (Å²) in [7, 11) is 0. The molecule has 0 saturated heterocycles. The van der Waals surface area contributed by atoms with Gasteiger partial charge in [-0.3, -0.25) is 0 Å². The maximum Gasteiger partial charge on any atom is 0.221 e. The average molecular weight is 415 g/mol. The minimum absolute atomic E-state index is 0. The molecule has 0 unspecified atom stereocenters. The molecule has 0 atom stereocenters. The van der Waals surface area contributed by atoms with E-state index >= 15 is 0 Å². The number of nitrogens with zero attached hydrogens (tertiary/aromatic N) is 4. The predicted octanol–water partition coefficient (Wildman–Crippen LogP) is 5.29. The molecule has 3 heterocycles. The summed E-state index contributed by atoms with van der Waals surface area (Å²) in [5, 5.41) is 9.68. The van der Waals surface area contributed by atoms with Crippen molar-refractivity contribution in [2.24, 2.45) is 0 Å². The van der Waals surface area contributed by atoms with E-state index in [0.717, 1.165) is 38.0 Å². The molecule has 2 aromatic carbocycles. The summed E-state index contributed by atoms with van der Waals surface area (Å²) in [6, 6.07) is 18.3. The van der Waals surface area contributed by atoms with Gasteiger partial charge in [-0.25, -0.2) is 9.97 Å². The summed E-state index contributed by atoms with van der Waals surface area (Å²) in [4.78, 5) is 9.35. The number of fused-ring (bicyclic) bond motifs is 3. The Labute approximate surface area is 156 Å². The molecule has 0 N–H and O–H groups in total. The Kier molecular flexibility index (Phi) is 3.91. The third-order valence-electron chi connectivity index (χ3n) is 3.67.